The van der Waals surface area contributed by atoms with Gasteiger partial charge in [0, 0.05) is 18.7 Å². The maximum absolute atomic E-state index is 13.0. The van der Waals surface area contributed by atoms with Crippen LogP contribution in [0, 0.1) is 18.3 Å². The fraction of sp³-hybridized carbons (Fsp3) is 0.400. The Morgan fingerprint density at radius 1 is 1.35 bits per heavy atom. The van der Waals surface area contributed by atoms with E-state index in [-0.39, 0.29) is 11.9 Å². The number of hydrogen-bond acceptors (Lipinski definition) is 5. The van der Waals surface area contributed by atoms with E-state index < -0.39 is 0 Å². The predicted molar refractivity (Wildman–Crippen MR) is 100 cm³/mol. The number of carbonyl (C=O) groups excluding carboxylic acids is 1. The number of hydrogen-bond donors (Lipinski definition) is 1. The number of likely N-dealkylation sites (tertiary alicyclic amines) is 1. The molecule has 0 radical (unpaired) electrons. The van der Waals surface area contributed by atoms with Crippen LogP contribution in [-0.2, 0) is 0 Å². The van der Waals surface area contributed by atoms with Crippen molar-refractivity contribution in [1.82, 2.24) is 14.9 Å². The minimum Gasteiger partial charge on any atom is -0.339 e. The second-order valence-corrected chi connectivity index (χ2v) is 6.52. The number of benzene rings is 1. The molecule has 1 aliphatic rings. The molecule has 1 fully saturated rings. The van der Waals surface area contributed by atoms with Crippen LogP contribution in [0.4, 0.5) is 11.5 Å². The first-order chi connectivity index (χ1) is 12.6. The molecule has 1 amide bonds. The largest absolute Gasteiger partial charge is 0.339 e. The van der Waals surface area contributed by atoms with Gasteiger partial charge in [0.15, 0.2) is 0 Å². The van der Waals surface area contributed by atoms with Gasteiger partial charge >= 0.3 is 0 Å². The van der Waals surface area contributed by atoms with Gasteiger partial charge in [-0.05, 0) is 44.7 Å². The summed E-state index contributed by atoms with van der Waals surface area (Å²) in [7, 11) is 0. The molecular weight excluding hydrogens is 326 g/mol. The van der Waals surface area contributed by atoms with Gasteiger partial charge in [0.05, 0.1) is 11.3 Å². The molecule has 134 valence electrons. The Morgan fingerprint density at radius 2 is 2.15 bits per heavy atom. The summed E-state index contributed by atoms with van der Waals surface area (Å²) in [6.45, 7) is 4.67. The number of nitrogens with zero attached hydrogens (tertiary/aromatic N) is 4. The highest BCUT2D eigenvalue weighted by Gasteiger charge is 2.27. The van der Waals surface area contributed by atoms with Crippen LogP contribution in [0.5, 0.6) is 0 Å². The van der Waals surface area contributed by atoms with Gasteiger partial charge in [-0.1, -0.05) is 19.1 Å². The number of amides is 1. The summed E-state index contributed by atoms with van der Waals surface area (Å²) in [6, 6.07) is 11.3. The van der Waals surface area contributed by atoms with E-state index in [1.807, 2.05) is 23.1 Å². The zero-order valence-corrected chi connectivity index (χ0v) is 15.2. The molecule has 1 aromatic heterocycles. The molecule has 1 saturated heterocycles. The van der Waals surface area contributed by atoms with E-state index in [4.69, 9.17) is 0 Å². The van der Waals surface area contributed by atoms with Crippen LogP contribution >= 0.6 is 0 Å². The van der Waals surface area contributed by atoms with Gasteiger partial charge in [-0.3, -0.25) is 4.79 Å². The quantitative estimate of drug-likeness (QED) is 0.908. The molecule has 6 heteroatoms. The van der Waals surface area contributed by atoms with Gasteiger partial charge in [-0.2, -0.15) is 5.26 Å². The van der Waals surface area contributed by atoms with E-state index in [0.29, 0.717) is 28.6 Å². The van der Waals surface area contributed by atoms with Crippen molar-refractivity contribution in [1.29, 1.82) is 5.26 Å². The maximum atomic E-state index is 13.0. The van der Waals surface area contributed by atoms with Crippen molar-refractivity contribution < 1.29 is 4.79 Å². The second kappa shape index (κ2) is 7.96. The van der Waals surface area contributed by atoms with Gasteiger partial charge < -0.3 is 10.2 Å². The Balaban J connectivity index is 1.88. The molecule has 1 unspecified atom stereocenters. The molecule has 0 bridgehead atoms. The fourth-order valence-corrected chi connectivity index (χ4v) is 3.41. The lowest BCUT2D eigenvalue weighted by Crippen LogP contribution is -2.43. The van der Waals surface area contributed by atoms with Crippen LogP contribution in [0.3, 0.4) is 0 Å². The van der Waals surface area contributed by atoms with Crippen LogP contribution in [0.1, 0.15) is 54.5 Å². The smallest absolute Gasteiger partial charge is 0.272 e. The third-order valence-corrected chi connectivity index (χ3v) is 4.73. The zero-order valence-electron chi connectivity index (χ0n) is 15.2. The van der Waals surface area contributed by atoms with E-state index in [2.05, 4.69) is 28.3 Å². The Labute approximate surface area is 153 Å². The molecule has 3 rings (SSSR count). The van der Waals surface area contributed by atoms with E-state index >= 15 is 0 Å². The Kier molecular flexibility index (Phi) is 5.47. The molecule has 0 saturated carbocycles. The SMILES string of the molecule is CCC1CCCCN1C(=O)c1cc(Nc2ccccc2C#N)nc(C)n1. The van der Waals surface area contributed by atoms with Crippen molar-refractivity contribution in [2.75, 3.05) is 11.9 Å². The molecular formula is C20H23N5O. The van der Waals surface area contributed by atoms with E-state index in [1.54, 1.807) is 19.1 Å². The maximum Gasteiger partial charge on any atom is 0.272 e. The molecule has 26 heavy (non-hydrogen) atoms. The van der Waals surface area contributed by atoms with E-state index in [0.717, 1.165) is 25.8 Å². The minimum absolute atomic E-state index is 0.0429. The first kappa shape index (κ1) is 17.9. The van der Waals surface area contributed by atoms with Gasteiger partial charge in [-0.15, -0.1) is 0 Å². The number of nitrogens with one attached hydrogen (secondary N) is 1. The third kappa shape index (κ3) is 3.83. The van der Waals surface area contributed by atoms with Crippen LogP contribution in [0.2, 0.25) is 0 Å². The molecule has 0 aliphatic carbocycles. The molecule has 1 aliphatic heterocycles. The first-order valence-electron chi connectivity index (χ1n) is 9.05. The standard InChI is InChI=1S/C20H23N5O/c1-3-16-9-6-7-11-25(16)20(26)18-12-19(23-14(2)22-18)24-17-10-5-4-8-15(17)13-21/h4-5,8,10,12,16H,3,6-7,9,11H2,1-2H3,(H,22,23,24). The lowest BCUT2D eigenvalue weighted by atomic mass is 9.99. The summed E-state index contributed by atoms with van der Waals surface area (Å²) in [5, 5.41) is 12.4. The number of aryl methyl sites for hydroxylation is 1. The lowest BCUT2D eigenvalue weighted by Gasteiger charge is -2.35. The summed E-state index contributed by atoms with van der Waals surface area (Å²) < 4.78 is 0. The van der Waals surface area contributed by atoms with Gasteiger partial charge in [0.2, 0.25) is 0 Å². The summed E-state index contributed by atoms with van der Waals surface area (Å²) in [5.41, 5.74) is 1.59. The van der Waals surface area contributed by atoms with Crippen molar-refractivity contribution in [3.8, 4) is 6.07 Å². The van der Waals surface area contributed by atoms with E-state index in [9.17, 15) is 10.1 Å². The molecule has 2 aromatic rings. The fourth-order valence-electron chi connectivity index (χ4n) is 3.41. The van der Waals surface area contributed by atoms with Gasteiger partial charge in [0.1, 0.15) is 23.4 Å². The molecule has 0 spiro atoms. The third-order valence-electron chi connectivity index (χ3n) is 4.73. The lowest BCUT2D eigenvalue weighted by molar-refractivity contribution is 0.0601. The highest BCUT2D eigenvalue weighted by atomic mass is 16.2. The monoisotopic (exact) mass is 349 g/mol. The van der Waals surface area contributed by atoms with Crippen molar-refractivity contribution in [3.05, 3.63) is 47.4 Å². The number of anilines is 2. The van der Waals surface area contributed by atoms with Crippen molar-refractivity contribution in [2.45, 2.75) is 45.6 Å². The topological polar surface area (TPSA) is 81.9 Å². The molecule has 1 N–H and O–H groups in total. The average molecular weight is 349 g/mol. The number of nitriles is 1. The zero-order chi connectivity index (χ0) is 18.5. The number of carbonyl (C=O) groups is 1. The highest BCUT2D eigenvalue weighted by Crippen LogP contribution is 2.23. The van der Waals surface area contributed by atoms with Gasteiger partial charge in [-0.25, -0.2) is 9.97 Å². The van der Waals surface area contributed by atoms with Crippen molar-refractivity contribution >= 4 is 17.4 Å². The average Bonchev–Trinajstić information content (AvgIpc) is 2.67. The summed E-state index contributed by atoms with van der Waals surface area (Å²) >= 11 is 0. The van der Waals surface area contributed by atoms with Crippen LogP contribution in [0.25, 0.3) is 0 Å². The first-order valence-corrected chi connectivity index (χ1v) is 9.05. The molecule has 1 atom stereocenters. The predicted octanol–water partition coefficient (Wildman–Crippen LogP) is 3.81. The van der Waals surface area contributed by atoms with Crippen LogP contribution < -0.4 is 5.32 Å². The summed E-state index contributed by atoms with van der Waals surface area (Å²) in [4.78, 5) is 23.7. The van der Waals surface area contributed by atoms with Gasteiger partial charge in [0.25, 0.3) is 5.91 Å². The Hall–Kier alpha value is -2.94. The number of aromatic nitrogens is 2. The van der Waals surface area contributed by atoms with Crippen LogP contribution in [0.15, 0.2) is 30.3 Å². The Morgan fingerprint density at radius 3 is 2.92 bits per heavy atom. The highest BCUT2D eigenvalue weighted by molar-refractivity contribution is 5.93. The Bertz CT molecular complexity index is 842. The van der Waals surface area contributed by atoms with E-state index in [1.165, 1.54) is 6.42 Å². The van der Waals surface area contributed by atoms with Crippen molar-refractivity contribution in [2.24, 2.45) is 0 Å². The molecule has 6 nitrogen and oxygen atoms in total. The molecule has 2 heterocycles. The van der Waals surface area contributed by atoms with Crippen molar-refractivity contribution in [3.63, 3.8) is 0 Å². The second-order valence-electron chi connectivity index (χ2n) is 6.52. The number of piperidine rings is 1. The summed E-state index contributed by atoms with van der Waals surface area (Å²) in [5.74, 6) is 1.00. The normalized spacial score (nSPS) is 16.8. The number of rotatable bonds is 4. The van der Waals surface area contributed by atoms with Crippen LogP contribution in [-0.4, -0.2) is 33.4 Å². The summed E-state index contributed by atoms with van der Waals surface area (Å²) in [6.07, 6.45) is 4.21. The number of para-hydroxylation sites is 1. The molecule has 1 aromatic carbocycles. The minimum atomic E-state index is -0.0429.